The summed E-state index contributed by atoms with van der Waals surface area (Å²) in [6, 6.07) is 5.07. The van der Waals surface area contributed by atoms with Gasteiger partial charge in [0.1, 0.15) is 18.5 Å². The number of alkyl carbamates (subject to hydrolysis) is 1. The first kappa shape index (κ1) is 27.2. The molecule has 0 saturated carbocycles. The van der Waals surface area contributed by atoms with Crippen LogP contribution in [0.5, 0.6) is 0 Å². The van der Waals surface area contributed by atoms with Gasteiger partial charge < -0.3 is 30.3 Å². The number of rotatable bonds is 9. The second-order valence-electron chi connectivity index (χ2n) is 7.25. The highest BCUT2D eigenvalue weighted by Crippen LogP contribution is 2.24. The fraction of sp³-hybridized carbons (Fsp3) is 0.333. The molecule has 3 N–H and O–H groups in total. The molecule has 0 aliphatic carbocycles. The summed E-state index contributed by atoms with van der Waals surface area (Å²) in [6.07, 6.45) is -4.28. The molecule has 0 spiro atoms. The highest BCUT2D eigenvalue weighted by atomic mass is 35.5. The van der Waals surface area contributed by atoms with E-state index in [1.165, 1.54) is 29.2 Å². The summed E-state index contributed by atoms with van der Waals surface area (Å²) in [5.74, 6) is -2.82. The van der Waals surface area contributed by atoms with Crippen molar-refractivity contribution in [3.05, 3.63) is 45.4 Å². The molecule has 15 heteroatoms. The number of carbonyl (C=O) groups is 4. The van der Waals surface area contributed by atoms with Gasteiger partial charge in [0.15, 0.2) is 6.61 Å². The van der Waals surface area contributed by atoms with E-state index in [1.54, 1.807) is 0 Å². The summed E-state index contributed by atoms with van der Waals surface area (Å²) in [7, 11) is 0. The summed E-state index contributed by atoms with van der Waals surface area (Å²) in [4.78, 5) is 50.4. The van der Waals surface area contributed by atoms with Gasteiger partial charge in [-0.05, 0) is 30.3 Å². The topological polar surface area (TPSA) is 126 Å². The minimum absolute atomic E-state index is 0.140. The number of alkyl halides is 2. The number of benzene rings is 1. The van der Waals surface area contributed by atoms with E-state index in [9.17, 15) is 32.3 Å². The van der Waals surface area contributed by atoms with Crippen molar-refractivity contribution in [2.45, 2.75) is 12.5 Å². The quantitative estimate of drug-likeness (QED) is 0.442. The van der Waals surface area contributed by atoms with Crippen LogP contribution in [0.3, 0.4) is 0 Å². The van der Waals surface area contributed by atoms with Crippen LogP contribution in [0.4, 0.5) is 29.3 Å². The van der Waals surface area contributed by atoms with Crippen LogP contribution in [0.1, 0.15) is 9.67 Å². The Labute approximate surface area is 211 Å². The lowest BCUT2D eigenvalue weighted by Gasteiger charge is -2.27. The fourth-order valence-corrected chi connectivity index (χ4v) is 3.99. The molecule has 4 amide bonds. The number of amides is 4. The molecular weight excluding hydrogens is 529 g/mol. The molecule has 194 valence electrons. The van der Waals surface area contributed by atoms with Gasteiger partial charge in [-0.3, -0.25) is 14.4 Å². The molecule has 0 radical (unpaired) electrons. The van der Waals surface area contributed by atoms with Crippen molar-refractivity contribution in [1.29, 1.82) is 0 Å². The smallest absolute Gasteiger partial charge is 0.408 e. The average molecular weight is 549 g/mol. The Balaban J connectivity index is 1.69. The van der Waals surface area contributed by atoms with Crippen LogP contribution in [0.2, 0.25) is 4.34 Å². The normalized spacial score (nSPS) is 14.4. The van der Waals surface area contributed by atoms with Gasteiger partial charge >= 0.3 is 6.09 Å². The first-order valence-corrected chi connectivity index (χ1v) is 11.6. The van der Waals surface area contributed by atoms with Gasteiger partial charge in [-0.2, -0.15) is 0 Å². The molecule has 36 heavy (non-hydrogen) atoms. The number of nitrogens with zero attached hydrogens (tertiary/aromatic N) is 1. The lowest BCUT2D eigenvalue weighted by atomic mass is 10.2. The Morgan fingerprint density at radius 3 is 2.64 bits per heavy atom. The molecule has 0 unspecified atom stereocenters. The number of nitrogens with one attached hydrogen (secondary N) is 3. The predicted octanol–water partition coefficient (Wildman–Crippen LogP) is 2.63. The van der Waals surface area contributed by atoms with Gasteiger partial charge in [0, 0.05) is 18.8 Å². The molecule has 2 aromatic rings. The van der Waals surface area contributed by atoms with Crippen LogP contribution in [-0.4, -0.2) is 69.2 Å². The number of ether oxygens (including phenoxy) is 2. The minimum Gasteiger partial charge on any atom is -0.443 e. The maximum Gasteiger partial charge on any atom is 0.408 e. The van der Waals surface area contributed by atoms with Crippen LogP contribution in [-0.2, 0) is 19.1 Å². The number of hydrogen-bond acceptors (Lipinski definition) is 7. The molecule has 1 aromatic heterocycles. The van der Waals surface area contributed by atoms with Crippen LogP contribution in [0.15, 0.2) is 30.3 Å². The fourth-order valence-electron chi connectivity index (χ4n) is 3.03. The largest absolute Gasteiger partial charge is 0.443 e. The monoisotopic (exact) mass is 548 g/mol. The van der Waals surface area contributed by atoms with Crippen molar-refractivity contribution in [3.8, 4) is 0 Å². The van der Waals surface area contributed by atoms with Crippen molar-refractivity contribution >= 4 is 58.1 Å². The Morgan fingerprint density at radius 2 is 2.00 bits per heavy atom. The van der Waals surface area contributed by atoms with Crippen LogP contribution >= 0.6 is 22.9 Å². The van der Waals surface area contributed by atoms with Crippen molar-refractivity contribution in [3.63, 3.8) is 0 Å². The van der Waals surface area contributed by atoms with Gasteiger partial charge in [-0.25, -0.2) is 18.0 Å². The number of morpholine rings is 1. The van der Waals surface area contributed by atoms with Gasteiger partial charge in [0.2, 0.25) is 5.91 Å². The zero-order chi connectivity index (χ0) is 26.2. The third-order valence-electron chi connectivity index (χ3n) is 4.72. The maximum atomic E-state index is 14.7. The van der Waals surface area contributed by atoms with E-state index < -0.39 is 49.3 Å². The molecule has 1 aliphatic heterocycles. The van der Waals surface area contributed by atoms with Crippen molar-refractivity contribution < 1.29 is 41.8 Å². The predicted molar refractivity (Wildman–Crippen MR) is 124 cm³/mol. The first-order chi connectivity index (χ1) is 17.1. The Bertz CT molecular complexity index is 1130. The number of hydrogen-bond donors (Lipinski definition) is 3. The number of anilines is 2. The lowest BCUT2D eigenvalue weighted by molar-refractivity contribution is -0.125. The highest BCUT2D eigenvalue weighted by molar-refractivity contribution is 7.18. The SMILES string of the molecule is O=C(N[C@@H](CNC(=O)c1ccc(Cl)s1)C(=O)Nc1ccc(N2CCOCC2=O)cc1F)OCC(F)F. The highest BCUT2D eigenvalue weighted by Gasteiger charge is 2.26. The average Bonchev–Trinajstić information content (AvgIpc) is 3.28. The second kappa shape index (κ2) is 12.6. The van der Waals surface area contributed by atoms with E-state index >= 15 is 0 Å². The zero-order valence-corrected chi connectivity index (χ0v) is 20.0. The summed E-state index contributed by atoms with van der Waals surface area (Å²) < 4.78 is 49.1. The van der Waals surface area contributed by atoms with Gasteiger partial charge in [0.05, 0.1) is 21.5 Å². The molecule has 1 atom stereocenters. The van der Waals surface area contributed by atoms with Crippen LogP contribution in [0.25, 0.3) is 0 Å². The third kappa shape index (κ3) is 7.57. The molecule has 1 aliphatic rings. The molecule has 0 bridgehead atoms. The van der Waals surface area contributed by atoms with Gasteiger partial charge in [-0.15, -0.1) is 11.3 Å². The molecule has 1 aromatic carbocycles. The standard InChI is InChI=1S/C21H20ClF3N4O6S/c22-16-4-3-15(36-16)20(32)26-8-14(28-21(33)35-9-17(24)25)19(31)27-13-2-1-11(7-12(13)23)29-5-6-34-10-18(29)30/h1-4,7,14,17H,5-6,8-10H2,(H,26,32)(H,27,31)(H,28,33)/t14-/m0/s1. The lowest BCUT2D eigenvalue weighted by Crippen LogP contribution is -2.51. The summed E-state index contributed by atoms with van der Waals surface area (Å²) in [6.45, 7) is -1.32. The van der Waals surface area contributed by atoms with E-state index in [0.717, 1.165) is 17.4 Å². The molecule has 1 saturated heterocycles. The van der Waals surface area contributed by atoms with E-state index in [0.29, 0.717) is 4.34 Å². The first-order valence-electron chi connectivity index (χ1n) is 10.4. The maximum absolute atomic E-state index is 14.7. The minimum atomic E-state index is -2.93. The number of carbonyl (C=O) groups excluding carboxylic acids is 4. The van der Waals surface area contributed by atoms with E-state index in [1.807, 2.05) is 0 Å². The molecule has 2 heterocycles. The van der Waals surface area contributed by atoms with Crippen molar-refractivity contribution in [1.82, 2.24) is 10.6 Å². The Hall–Kier alpha value is -3.36. The van der Waals surface area contributed by atoms with Gasteiger partial charge in [0.25, 0.3) is 18.2 Å². The molecular formula is C21H20ClF3N4O6S. The zero-order valence-electron chi connectivity index (χ0n) is 18.4. The van der Waals surface area contributed by atoms with Crippen molar-refractivity contribution in [2.24, 2.45) is 0 Å². The van der Waals surface area contributed by atoms with E-state index in [4.69, 9.17) is 16.3 Å². The molecule has 10 nitrogen and oxygen atoms in total. The summed E-state index contributed by atoms with van der Waals surface area (Å²) in [5.41, 5.74) is -0.0282. The van der Waals surface area contributed by atoms with Crippen LogP contribution in [0, 0.1) is 5.82 Å². The summed E-state index contributed by atoms with van der Waals surface area (Å²) >= 11 is 6.77. The van der Waals surface area contributed by atoms with Gasteiger partial charge in [-0.1, -0.05) is 11.6 Å². The Kier molecular flexibility index (Phi) is 9.50. The van der Waals surface area contributed by atoms with Crippen LogP contribution < -0.4 is 20.9 Å². The number of thiophene rings is 1. The van der Waals surface area contributed by atoms with E-state index in [2.05, 4.69) is 20.7 Å². The third-order valence-corrected chi connectivity index (χ3v) is 5.95. The number of halogens is 4. The summed E-state index contributed by atoms with van der Waals surface area (Å²) in [5, 5.41) is 6.72. The van der Waals surface area contributed by atoms with E-state index in [-0.39, 0.29) is 41.9 Å². The van der Waals surface area contributed by atoms with Crippen molar-refractivity contribution in [2.75, 3.05) is 43.1 Å². The second-order valence-corrected chi connectivity index (χ2v) is 8.97. The molecule has 1 fully saturated rings. The Morgan fingerprint density at radius 1 is 1.22 bits per heavy atom. The molecule has 3 rings (SSSR count).